The van der Waals surface area contributed by atoms with E-state index in [9.17, 15) is 0 Å². The van der Waals surface area contributed by atoms with Crippen LogP contribution in [0, 0.1) is 0 Å². The molecule has 0 radical (unpaired) electrons. The minimum absolute atomic E-state index is 0.842. The number of anilines is 5. The summed E-state index contributed by atoms with van der Waals surface area (Å²) in [6.07, 6.45) is 7.86. The van der Waals surface area contributed by atoms with E-state index in [2.05, 4.69) is 170 Å². The van der Waals surface area contributed by atoms with Crippen LogP contribution in [0.1, 0.15) is 5.56 Å². The van der Waals surface area contributed by atoms with Gasteiger partial charge in [0.2, 0.25) is 0 Å². The van der Waals surface area contributed by atoms with Gasteiger partial charge in [-0.1, -0.05) is 142 Å². The lowest BCUT2D eigenvalue weighted by atomic mass is 10.0. The summed E-state index contributed by atoms with van der Waals surface area (Å²) in [7, 11) is 0. The number of benzene rings is 6. The second-order valence-corrected chi connectivity index (χ2v) is 11.0. The fraction of sp³-hybridized carbons (Fsp3) is 0. The van der Waals surface area contributed by atoms with E-state index in [1.807, 2.05) is 30.4 Å². The van der Waals surface area contributed by atoms with E-state index in [4.69, 9.17) is 0 Å². The lowest BCUT2D eigenvalue weighted by molar-refractivity contribution is 1.23. The molecule has 46 heavy (non-hydrogen) atoms. The first-order valence-corrected chi connectivity index (χ1v) is 15.3. The molecule has 6 rings (SSSR count). The first kappa shape index (κ1) is 29.9. The average molecular weight is 593 g/mol. The Bertz CT molecular complexity index is 2150. The van der Waals surface area contributed by atoms with Crippen LogP contribution >= 0.6 is 0 Å². The molecule has 0 aliphatic rings. The van der Waals surface area contributed by atoms with E-state index in [0.29, 0.717) is 0 Å². The van der Waals surface area contributed by atoms with Crippen molar-refractivity contribution < 1.29 is 0 Å². The molecule has 0 bridgehead atoms. The van der Waals surface area contributed by atoms with Crippen molar-refractivity contribution in [3.8, 4) is 0 Å². The first-order chi connectivity index (χ1) is 22.5. The SMILES string of the molecule is C=CC=c1cccc(N(c2ccccc2)c2ccc(C(=C)C=CC(=C)N(c3ccccc3)c3cccc4ccccc34)cc2)c1=C. The van der Waals surface area contributed by atoms with Gasteiger partial charge in [-0.15, -0.1) is 0 Å². The number of para-hydroxylation sites is 2. The molecule has 6 aromatic rings. The monoisotopic (exact) mass is 592 g/mol. The van der Waals surface area contributed by atoms with Gasteiger partial charge in [-0.05, 0) is 81.6 Å². The quantitative estimate of drug-likeness (QED) is 0.146. The highest BCUT2D eigenvalue weighted by atomic mass is 15.1. The van der Waals surface area contributed by atoms with Gasteiger partial charge in [-0.25, -0.2) is 0 Å². The summed E-state index contributed by atoms with van der Waals surface area (Å²) < 4.78 is 0. The fourth-order valence-electron chi connectivity index (χ4n) is 5.72. The second-order valence-electron chi connectivity index (χ2n) is 11.0. The molecule has 2 heteroatoms. The summed E-state index contributed by atoms with van der Waals surface area (Å²) in [5, 5.41) is 4.33. The Hall–Kier alpha value is -6.12. The molecule has 0 amide bonds. The largest absolute Gasteiger partial charge is 0.310 e. The Balaban J connectivity index is 1.31. The van der Waals surface area contributed by atoms with Gasteiger partial charge in [0.25, 0.3) is 0 Å². The van der Waals surface area contributed by atoms with Crippen LogP contribution in [-0.2, 0) is 0 Å². The van der Waals surface area contributed by atoms with Crippen molar-refractivity contribution >= 4 is 57.4 Å². The zero-order chi connectivity index (χ0) is 31.9. The number of hydrogen-bond donors (Lipinski definition) is 0. The lowest BCUT2D eigenvalue weighted by Gasteiger charge is -2.27. The standard InChI is InChI=1S/C44H36N2/c1-5-16-37-18-14-25-43(35(37)4)46(40-22-10-7-11-23-40)41-31-29-36(30-32-41)33(2)27-28-34(3)45(39-20-8-6-9-21-39)44-26-15-19-38-17-12-13-24-42(38)44/h5-32H,1-4H2. The van der Waals surface area contributed by atoms with Crippen LogP contribution in [0.3, 0.4) is 0 Å². The van der Waals surface area contributed by atoms with Crippen molar-refractivity contribution in [1.82, 2.24) is 0 Å². The predicted octanol–water partition coefficient (Wildman–Crippen LogP) is 10.6. The van der Waals surface area contributed by atoms with E-state index in [0.717, 1.165) is 55.7 Å². The van der Waals surface area contributed by atoms with E-state index < -0.39 is 0 Å². The van der Waals surface area contributed by atoms with Crippen molar-refractivity contribution in [1.29, 1.82) is 0 Å². The average Bonchev–Trinajstić information content (AvgIpc) is 3.10. The molecule has 0 spiro atoms. The highest BCUT2D eigenvalue weighted by molar-refractivity contribution is 5.97. The minimum atomic E-state index is 0.842. The second kappa shape index (κ2) is 13.7. The van der Waals surface area contributed by atoms with E-state index in [1.165, 1.54) is 10.8 Å². The molecule has 0 unspecified atom stereocenters. The molecule has 0 saturated carbocycles. The predicted molar refractivity (Wildman–Crippen MR) is 200 cm³/mol. The van der Waals surface area contributed by atoms with E-state index >= 15 is 0 Å². The molecule has 0 saturated heterocycles. The van der Waals surface area contributed by atoms with Crippen molar-refractivity contribution in [2.24, 2.45) is 0 Å². The van der Waals surface area contributed by atoms with E-state index in [-0.39, 0.29) is 0 Å². The topological polar surface area (TPSA) is 6.48 Å². The molecule has 222 valence electrons. The molecule has 6 aromatic carbocycles. The molecule has 2 nitrogen and oxygen atoms in total. The van der Waals surface area contributed by atoms with Crippen LogP contribution in [0.25, 0.3) is 29.0 Å². The smallest absolute Gasteiger partial charge is 0.0539 e. The highest BCUT2D eigenvalue weighted by Crippen LogP contribution is 2.36. The Morgan fingerprint density at radius 3 is 1.85 bits per heavy atom. The molecule has 0 aromatic heterocycles. The Labute approximate surface area is 271 Å². The summed E-state index contributed by atoms with van der Waals surface area (Å²) in [5.74, 6) is 0. The van der Waals surface area contributed by atoms with E-state index in [1.54, 1.807) is 6.08 Å². The van der Waals surface area contributed by atoms with Crippen molar-refractivity contribution in [2.75, 3.05) is 9.80 Å². The number of allylic oxidation sites excluding steroid dienone is 4. The number of nitrogens with zero attached hydrogens (tertiary/aromatic N) is 2. The van der Waals surface area contributed by atoms with Gasteiger partial charge < -0.3 is 9.80 Å². The summed E-state index contributed by atoms with van der Waals surface area (Å²) in [6, 6.07) is 50.2. The molecular formula is C44H36N2. The lowest BCUT2D eigenvalue weighted by Crippen LogP contribution is -2.29. The number of hydrogen-bond acceptors (Lipinski definition) is 2. The third-order valence-electron chi connectivity index (χ3n) is 8.02. The fourth-order valence-corrected chi connectivity index (χ4v) is 5.72. The third-order valence-corrected chi connectivity index (χ3v) is 8.02. The maximum absolute atomic E-state index is 4.49. The molecule has 0 atom stereocenters. The maximum atomic E-state index is 4.49. The first-order valence-electron chi connectivity index (χ1n) is 15.3. The normalized spacial score (nSPS) is 11.4. The van der Waals surface area contributed by atoms with Crippen LogP contribution in [0.2, 0.25) is 0 Å². The summed E-state index contributed by atoms with van der Waals surface area (Å²) in [6.45, 7) is 17.2. The number of rotatable bonds is 10. The number of fused-ring (bicyclic) bond motifs is 1. The van der Waals surface area contributed by atoms with Gasteiger partial charge in [0.15, 0.2) is 0 Å². The highest BCUT2D eigenvalue weighted by Gasteiger charge is 2.15. The summed E-state index contributed by atoms with van der Waals surface area (Å²) in [5.41, 5.74) is 7.99. The van der Waals surface area contributed by atoms with Gasteiger partial charge in [0, 0.05) is 28.1 Å². The van der Waals surface area contributed by atoms with Crippen molar-refractivity contribution in [3.63, 3.8) is 0 Å². The third kappa shape index (κ3) is 6.24. The molecular weight excluding hydrogens is 556 g/mol. The van der Waals surface area contributed by atoms with Gasteiger partial charge in [-0.3, -0.25) is 0 Å². The van der Waals surface area contributed by atoms with Crippen LogP contribution in [0.15, 0.2) is 189 Å². The zero-order valence-corrected chi connectivity index (χ0v) is 25.9. The molecule has 0 aliphatic heterocycles. The van der Waals surface area contributed by atoms with Gasteiger partial charge >= 0.3 is 0 Å². The maximum Gasteiger partial charge on any atom is 0.0539 e. The molecule has 0 fully saturated rings. The van der Waals surface area contributed by atoms with Crippen molar-refractivity contribution in [2.45, 2.75) is 0 Å². The van der Waals surface area contributed by atoms with Crippen LogP contribution in [0.4, 0.5) is 28.4 Å². The van der Waals surface area contributed by atoms with Crippen LogP contribution in [-0.4, -0.2) is 0 Å². The minimum Gasteiger partial charge on any atom is -0.310 e. The zero-order valence-electron chi connectivity index (χ0n) is 25.9. The summed E-state index contributed by atoms with van der Waals surface area (Å²) >= 11 is 0. The van der Waals surface area contributed by atoms with Crippen LogP contribution in [0.5, 0.6) is 0 Å². The van der Waals surface area contributed by atoms with Gasteiger partial charge in [-0.2, -0.15) is 0 Å². The van der Waals surface area contributed by atoms with Crippen LogP contribution < -0.4 is 20.2 Å². The van der Waals surface area contributed by atoms with Crippen molar-refractivity contribution in [3.05, 3.63) is 205 Å². The van der Waals surface area contributed by atoms with Gasteiger partial charge in [0.05, 0.1) is 11.4 Å². The summed E-state index contributed by atoms with van der Waals surface area (Å²) in [4.78, 5) is 4.43. The van der Waals surface area contributed by atoms with Gasteiger partial charge in [0.1, 0.15) is 0 Å². The Kier molecular flexibility index (Phi) is 8.90. The molecule has 0 heterocycles. The molecule has 0 aliphatic carbocycles. The Morgan fingerprint density at radius 2 is 1.13 bits per heavy atom. The molecule has 0 N–H and O–H groups in total. The Morgan fingerprint density at radius 1 is 0.543 bits per heavy atom.